The average molecular weight is 351 g/mol. The summed E-state index contributed by atoms with van der Waals surface area (Å²) in [5.41, 5.74) is 3.65. The Morgan fingerprint density at radius 3 is 2.58 bits per heavy atom. The second-order valence-corrected chi connectivity index (χ2v) is 6.81. The average Bonchev–Trinajstić information content (AvgIpc) is 3.11. The molecule has 4 rings (SSSR count). The van der Waals surface area contributed by atoms with Crippen LogP contribution in [0.2, 0.25) is 0 Å². The fourth-order valence-corrected chi connectivity index (χ4v) is 4.13. The highest BCUT2D eigenvalue weighted by atomic mass is 16.6. The van der Waals surface area contributed by atoms with Gasteiger partial charge in [0, 0.05) is 35.9 Å². The maximum atomic E-state index is 11.2. The predicted octanol–water partition coefficient (Wildman–Crippen LogP) is 4.64. The van der Waals surface area contributed by atoms with Gasteiger partial charge in [0.15, 0.2) is 0 Å². The third-order valence-corrected chi connectivity index (χ3v) is 5.30. The SMILES string of the molecule is Cc1cc([N+](=O)[O-])cc2c1N[C@H](c1cccc([N+](=O)[O-])c1)[C@H]1CC=C[C@H]21. The maximum Gasteiger partial charge on any atom is 0.270 e. The van der Waals surface area contributed by atoms with Gasteiger partial charge in [0.05, 0.1) is 15.9 Å². The van der Waals surface area contributed by atoms with Crippen molar-refractivity contribution in [2.75, 3.05) is 5.32 Å². The van der Waals surface area contributed by atoms with Crippen molar-refractivity contribution in [2.24, 2.45) is 5.92 Å². The first kappa shape index (κ1) is 16.3. The molecule has 1 N–H and O–H groups in total. The molecule has 0 fully saturated rings. The highest BCUT2D eigenvalue weighted by Gasteiger charge is 2.39. The summed E-state index contributed by atoms with van der Waals surface area (Å²) in [6, 6.07) is 9.82. The summed E-state index contributed by atoms with van der Waals surface area (Å²) in [7, 11) is 0. The molecule has 3 atom stereocenters. The van der Waals surface area contributed by atoms with E-state index in [1.165, 1.54) is 6.07 Å². The number of nitro groups is 2. The summed E-state index contributed by atoms with van der Waals surface area (Å²) in [5, 5.41) is 25.8. The molecule has 1 heterocycles. The van der Waals surface area contributed by atoms with Gasteiger partial charge in [-0.25, -0.2) is 0 Å². The van der Waals surface area contributed by atoms with E-state index in [1.807, 2.05) is 13.0 Å². The quantitative estimate of drug-likeness (QED) is 0.493. The van der Waals surface area contributed by atoms with Crippen molar-refractivity contribution in [2.45, 2.75) is 25.3 Å². The minimum Gasteiger partial charge on any atom is -0.377 e. The van der Waals surface area contributed by atoms with Crippen LogP contribution in [0.15, 0.2) is 48.6 Å². The molecule has 0 saturated carbocycles. The Labute approximate surface area is 149 Å². The number of non-ortho nitro benzene ring substituents is 2. The number of benzene rings is 2. The van der Waals surface area contributed by atoms with Crippen LogP contribution < -0.4 is 5.32 Å². The summed E-state index contributed by atoms with van der Waals surface area (Å²) in [4.78, 5) is 21.6. The summed E-state index contributed by atoms with van der Waals surface area (Å²) in [6.45, 7) is 1.85. The van der Waals surface area contributed by atoms with Crippen LogP contribution in [0.1, 0.15) is 35.1 Å². The van der Waals surface area contributed by atoms with E-state index in [4.69, 9.17) is 0 Å². The van der Waals surface area contributed by atoms with E-state index < -0.39 is 0 Å². The van der Waals surface area contributed by atoms with E-state index in [0.717, 1.165) is 28.8 Å². The lowest BCUT2D eigenvalue weighted by atomic mass is 9.76. The number of nitrogens with zero attached hydrogens (tertiary/aromatic N) is 2. The molecular weight excluding hydrogens is 334 g/mol. The number of allylic oxidation sites excluding steroid dienone is 2. The first-order valence-electron chi connectivity index (χ1n) is 8.42. The normalized spacial score (nSPS) is 23.0. The van der Waals surface area contributed by atoms with Crippen LogP contribution in [0, 0.1) is 33.1 Å². The minimum absolute atomic E-state index is 0.0640. The molecule has 0 radical (unpaired) electrons. The number of fused-ring (bicyclic) bond motifs is 3. The zero-order valence-electron chi connectivity index (χ0n) is 14.1. The number of hydrogen-bond donors (Lipinski definition) is 1. The van der Waals surface area contributed by atoms with Crippen LogP contribution in [0.3, 0.4) is 0 Å². The third-order valence-electron chi connectivity index (χ3n) is 5.30. The molecule has 0 unspecified atom stereocenters. The molecule has 0 saturated heterocycles. The van der Waals surface area contributed by atoms with E-state index in [-0.39, 0.29) is 39.1 Å². The monoisotopic (exact) mass is 351 g/mol. The van der Waals surface area contributed by atoms with Crippen molar-refractivity contribution >= 4 is 17.1 Å². The molecule has 2 aromatic rings. The minimum atomic E-state index is -0.390. The Morgan fingerprint density at radius 1 is 1.08 bits per heavy atom. The van der Waals surface area contributed by atoms with E-state index in [9.17, 15) is 20.2 Å². The maximum absolute atomic E-state index is 11.2. The second-order valence-electron chi connectivity index (χ2n) is 6.81. The molecule has 1 aliphatic carbocycles. The highest BCUT2D eigenvalue weighted by Crippen LogP contribution is 2.51. The zero-order chi connectivity index (χ0) is 18.4. The number of hydrogen-bond acceptors (Lipinski definition) is 5. The van der Waals surface area contributed by atoms with Crippen molar-refractivity contribution in [3.8, 4) is 0 Å². The number of aryl methyl sites for hydroxylation is 1. The Bertz CT molecular complexity index is 954. The number of nitro benzene ring substituents is 2. The van der Waals surface area contributed by atoms with Gasteiger partial charge in [-0.3, -0.25) is 20.2 Å². The summed E-state index contributed by atoms with van der Waals surface area (Å²) in [5.74, 6) is 0.236. The fourth-order valence-electron chi connectivity index (χ4n) is 4.13. The van der Waals surface area contributed by atoms with E-state index in [2.05, 4.69) is 17.5 Å². The largest absolute Gasteiger partial charge is 0.377 e. The molecule has 2 aliphatic rings. The number of nitrogens with one attached hydrogen (secondary N) is 1. The van der Waals surface area contributed by atoms with Gasteiger partial charge in [-0.2, -0.15) is 0 Å². The lowest BCUT2D eigenvalue weighted by Crippen LogP contribution is -2.29. The summed E-state index contributed by atoms with van der Waals surface area (Å²) < 4.78 is 0. The fraction of sp³-hybridized carbons (Fsp3) is 0.263. The zero-order valence-corrected chi connectivity index (χ0v) is 14.1. The molecule has 1 aliphatic heterocycles. The van der Waals surface area contributed by atoms with Gasteiger partial charge < -0.3 is 5.32 Å². The van der Waals surface area contributed by atoms with Crippen molar-refractivity contribution in [1.82, 2.24) is 0 Å². The topological polar surface area (TPSA) is 98.3 Å². The van der Waals surface area contributed by atoms with Crippen LogP contribution in [-0.2, 0) is 0 Å². The molecule has 0 aromatic heterocycles. The van der Waals surface area contributed by atoms with Gasteiger partial charge in [0.1, 0.15) is 0 Å². The lowest BCUT2D eigenvalue weighted by Gasteiger charge is -2.38. The Kier molecular flexibility index (Phi) is 3.72. The van der Waals surface area contributed by atoms with Gasteiger partial charge in [0.2, 0.25) is 0 Å². The molecule has 2 aromatic carbocycles. The van der Waals surface area contributed by atoms with Crippen molar-refractivity contribution in [3.05, 3.63) is 85.5 Å². The molecule has 26 heavy (non-hydrogen) atoms. The van der Waals surface area contributed by atoms with Crippen LogP contribution in [0.25, 0.3) is 0 Å². The Morgan fingerprint density at radius 2 is 1.85 bits per heavy atom. The van der Waals surface area contributed by atoms with E-state index in [0.29, 0.717) is 0 Å². The van der Waals surface area contributed by atoms with Gasteiger partial charge in [-0.1, -0.05) is 24.3 Å². The summed E-state index contributed by atoms with van der Waals surface area (Å²) in [6.07, 6.45) is 5.01. The van der Waals surface area contributed by atoms with Crippen molar-refractivity contribution in [3.63, 3.8) is 0 Å². The second kappa shape index (κ2) is 5.94. The van der Waals surface area contributed by atoms with Crippen LogP contribution in [0.4, 0.5) is 17.1 Å². The van der Waals surface area contributed by atoms with E-state index >= 15 is 0 Å². The van der Waals surface area contributed by atoms with Gasteiger partial charge in [-0.15, -0.1) is 0 Å². The van der Waals surface area contributed by atoms with Crippen molar-refractivity contribution in [1.29, 1.82) is 0 Å². The van der Waals surface area contributed by atoms with E-state index in [1.54, 1.807) is 24.3 Å². The van der Waals surface area contributed by atoms with Gasteiger partial charge in [0.25, 0.3) is 11.4 Å². The molecule has 7 heteroatoms. The molecule has 132 valence electrons. The van der Waals surface area contributed by atoms with Crippen LogP contribution >= 0.6 is 0 Å². The number of rotatable bonds is 3. The molecule has 7 nitrogen and oxygen atoms in total. The van der Waals surface area contributed by atoms with Crippen LogP contribution in [-0.4, -0.2) is 9.85 Å². The first-order chi connectivity index (χ1) is 12.5. The van der Waals surface area contributed by atoms with Crippen molar-refractivity contribution < 1.29 is 9.85 Å². The smallest absolute Gasteiger partial charge is 0.270 e. The Hall–Kier alpha value is -3.22. The first-order valence-corrected chi connectivity index (χ1v) is 8.42. The predicted molar refractivity (Wildman–Crippen MR) is 97.3 cm³/mol. The molecule has 0 spiro atoms. The standard InChI is InChI=1S/C19H17N3O4/c1-11-8-14(22(25)26)10-17-15-6-3-7-16(15)19(20-18(11)17)12-4-2-5-13(9-12)21(23)24/h2-6,8-10,15-16,19-20H,7H2,1H3/t15-,16-,19+/m0/s1. The molecule has 0 bridgehead atoms. The molecular formula is C19H17N3O4. The highest BCUT2D eigenvalue weighted by molar-refractivity contribution is 5.67. The Balaban J connectivity index is 1.81. The van der Waals surface area contributed by atoms with Gasteiger partial charge >= 0.3 is 0 Å². The van der Waals surface area contributed by atoms with Gasteiger partial charge in [-0.05, 0) is 36.0 Å². The number of anilines is 1. The summed E-state index contributed by atoms with van der Waals surface area (Å²) >= 11 is 0. The van der Waals surface area contributed by atoms with Crippen LogP contribution in [0.5, 0.6) is 0 Å². The molecule has 0 amide bonds. The lowest BCUT2D eigenvalue weighted by molar-refractivity contribution is -0.385. The third kappa shape index (κ3) is 2.52.